The van der Waals surface area contributed by atoms with E-state index in [1.165, 1.54) is 22.5 Å². The maximum atomic E-state index is 13.4. The fourth-order valence-corrected chi connectivity index (χ4v) is 4.99. The average Bonchev–Trinajstić information content (AvgIpc) is 3.06. The molecule has 0 aliphatic carbocycles. The van der Waals surface area contributed by atoms with Crippen molar-refractivity contribution >= 4 is 21.8 Å². The van der Waals surface area contributed by atoms with Gasteiger partial charge in [-0.05, 0) is 41.3 Å². The second-order valence-corrected chi connectivity index (χ2v) is 8.70. The number of piperidine rings is 1. The predicted molar refractivity (Wildman–Crippen MR) is 94.4 cm³/mol. The minimum atomic E-state index is -3.82. The van der Waals surface area contributed by atoms with E-state index in [1.807, 2.05) is 12.1 Å². The van der Waals surface area contributed by atoms with Crippen LogP contribution in [0, 0.1) is 5.82 Å². The molecule has 2 aromatic carbocycles. The van der Waals surface area contributed by atoms with Crippen LogP contribution >= 0.6 is 0 Å². The number of benzene rings is 2. The van der Waals surface area contributed by atoms with Crippen LogP contribution in [0.5, 0.6) is 0 Å². The van der Waals surface area contributed by atoms with Crippen LogP contribution in [0.15, 0.2) is 47.4 Å². The molecule has 8 heteroatoms. The molecule has 1 N–H and O–H groups in total. The largest absolute Gasteiger partial charge is 0.296 e. The first-order valence-corrected chi connectivity index (χ1v) is 10.00. The van der Waals surface area contributed by atoms with Gasteiger partial charge in [-0.3, -0.25) is 14.9 Å². The lowest BCUT2D eigenvalue weighted by molar-refractivity contribution is -0.134. The Hall–Kier alpha value is -2.58. The van der Waals surface area contributed by atoms with E-state index in [-0.39, 0.29) is 36.2 Å². The van der Waals surface area contributed by atoms with Gasteiger partial charge < -0.3 is 0 Å². The summed E-state index contributed by atoms with van der Waals surface area (Å²) in [6, 6.07) is 10.4. The number of amides is 2. The highest BCUT2D eigenvalue weighted by atomic mass is 32.2. The minimum absolute atomic E-state index is 0.0827. The van der Waals surface area contributed by atoms with Gasteiger partial charge in [0.1, 0.15) is 5.82 Å². The molecule has 2 aliphatic heterocycles. The molecule has 1 saturated heterocycles. The number of rotatable bonds is 3. The maximum Gasteiger partial charge on any atom is 0.243 e. The third kappa shape index (κ3) is 3.26. The highest BCUT2D eigenvalue weighted by molar-refractivity contribution is 7.89. The Morgan fingerprint density at radius 2 is 1.81 bits per heavy atom. The van der Waals surface area contributed by atoms with Crippen molar-refractivity contribution in [2.75, 3.05) is 0 Å². The summed E-state index contributed by atoms with van der Waals surface area (Å²) in [5.41, 5.74) is 2.44. The highest BCUT2D eigenvalue weighted by Crippen LogP contribution is 2.33. The fourth-order valence-electron chi connectivity index (χ4n) is 3.56. The summed E-state index contributed by atoms with van der Waals surface area (Å²) >= 11 is 0. The fraction of sp³-hybridized carbons (Fsp3) is 0.263. The molecule has 140 valence electrons. The summed E-state index contributed by atoms with van der Waals surface area (Å²) in [7, 11) is -3.82. The topological polar surface area (TPSA) is 83.6 Å². The molecule has 27 heavy (non-hydrogen) atoms. The van der Waals surface area contributed by atoms with Gasteiger partial charge in [0.2, 0.25) is 21.8 Å². The molecular formula is C19H17FN2O4S. The van der Waals surface area contributed by atoms with Gasteiger partial charge in [0.05, 0.1) is 10.8 Å². The van der Waals surface area contributed by atoms with Gasteiger partial charge in [0.15, 0.2) is 0 Å². The van der Waals surface area contributed by atoms with Crippen molar-refractivity contribution in [3.8, 4) is 0 Å². The predicted octanol–water partition coefficient (Wildman–Crippen LogP) is 2.05. The number of carbonyl (C=O) groups excluding carboxylic acids is 2. The molecule has 2 aromatic rings. The van der Waals surface area contributed by atoms with Gasteiger partial charge in [0, 0.05) is 19.5 Å². The number of nitrogens with one attached hydrogen (secondary N) is 1. The molecular weight excluding hydrogens is 371 g/mol. The standard InChI is InChI=1S/C19H17FN2O4S/c20-15-2-1-3-16(9-15)27(25,26)22-10-13-5-4-12(8-14(13)11-22)17-6-7-18(23)21-19(17)24/h1-5,8-9,17H,6-7,10-11H2,(H,21,23,24). The van der Waals surface area contributed by atoms with Gasteiger partial charge in [-0.25, -0.2) is 12.8 Å². The van der Waals surface area contributed by atoms with Crippen molar-refractivity contribution in [3.63, 3.8) is 0 Å². The van der Waals surface area contributed by atoms with E-state index in [2.05, 4.69) is 5.32 Å². The van der Waals surface area contributed by atoms with Crippen molar-refractivity contribution in [1.82, 2.24) is 9.62 Å². The molecule has 1 atom stereocenters. The second kappa shape index (κ2) is 6.54. The van der Waals surface area contributed by atoms with Crippen LogP contribution in [0.3, 0.4) is 0 Å². The van der Waals surface area contributed by atoms with E-state index in [0.29, 0.717) is 6.42 Å². The van der Waals surface area contributed by atoms with E-state index in [0.717, 1.165) is 22.8 Å². The monoisotopic (exact) mass is 388 g/mol. The van der Waals surface area contributed by atoms with E-state index in [4.69, 9.17) is 0 Å². The average molecular weight is 388 g/mol. The van der Waals surface area contributed by atoms with Gasteiger partial charge >= 0.3 is 0 Å². The van der Waals surface area contributed by atoms with Crippen LogP contribution in [0.2, 0.25) is 0 Å². The first-order valence-electron chi connectivity index (χ1n) is 8.56. The zero-order valence-corrected chi connectivity index (χ0v) is 15.1. The molecule has 1 unspecified atom stereocenters. The molecule has 0 radical (unpaired) electrons. The summed E-state index contributed by atoms with van der Waals surface area (Å²) < 4.78 is 40.3. The Morgan fingerprint density at radius 3 is 2.56 bits per heavy atom. The van der Waals surface area contributed by atoms with Gasteiger partial charge in [-0.1, -0.05) is 24.3 Å². The summed E-state index contributed by atoms with van der Waals surface area (Å²) in [6.45, 7) is 0.360. The molecule has 2 heterocycles. The van der Waals surface area contributed by atoms with E-state index in [9.17, 15) is 22.4 Å². The van der Waals surface area contributed by atoms with Crippen LogP contribution in [0.25, 0.3) is 0 Å². The van der Waals surface area contributed by atoms with E-state index >= 15 is 0 Å². The molecule has 0 bridgehead atoms. The molecule has 0 aromatic heterocycles. The molecule has 2 aliphatic rings. The normalized spacial score (nSPS) is 20.4. The maximum absolute atomic E-state index is 13.4. The zero-order chi connectivity index (χ0) is 19.2. The van der Waals surface area contributed by atoms with Crippen molar-refractivity contribution in [2.45, 2.75) is 36.7 Å². The Kier molecular flexibility index (Phi) is 4.32. The number of halogens is 1. The molecule has 0 spiro atoms. The first kappa shape index (κ1) is 17.8. The SMILES string of the molecule is O=C1CCC(c2ccc3c(c2)CN(S(=O)(=O)c2cccc(F)c2)C3)C(=O)N1. The second-order valence-electron chi connectivity index (χ2n) is 6.76. The molecule has 4 rings (SSSR count). The third-order valence-electron chi connectivity index (χ3n) is 5.00. The number of fused-ring (bicyclic) bond motifs is 1. The Balaban J connectivity index is 1.59. The summed E-state index contributed by atoms with van der Waals surface area (Å²) in [5, 5.41) is 2.34. The number of carbonyl (C=O) groups is 2. The Morgan fingerprint density at radius 1 is 1.04 bits per heavy atom. The highest BCUT2D eigenvalue weighted by Gasteiger charge is 2.33. The van der Waals surface area contributed by atoms with Crippen molar-refractivity contribution in [2.24, 2.45) is 0 Å². The molecule has 0 saturated carbocycles. The lowest BCUT2D eigenvalue weighted by atomic mass is 9.89. The summed E-state index contributed by atoms with van der Waals surface area (Å²) in [4.78, 5) is 23.3. The van der Waals surface area contributed by atoms with Crippen LogP contribution in [0.1, 0.15) is 35.4 Å². The Labute approximate surface area is 156 Å². The smallest absolute Gasteiger partial charge is 0.243 e. The van der Waals surface area contributed by atoms with Crippen LogP contribution in [0.4, 0.5) is 4.39 Å². The lowest BCUT2D eigenvalue weighted by Crippen LogP contribution is -2.39. The number of hydrogen-bond acceptors (Lipinski definition) is 4. The van der Waals surface area contributed by atoms with E-state index < -0.39 is 21.8 Å². The van der Waals surface area contributed by atoms with Crippen molar-refractivity contribution in [1.29, 1.82) is 0 Å². The van der Waals surface area contributed by atoms with Crippen LogP contribution < -0.4 is 5.32 Å². The number of hydrogen-bond donors (Lipinski definition) is 1. The lowest BCUT2D eigenvalue weighted by Gasteiger charge is -2.21. The summed E-state index contributed by atoms with van der Waals surface area (Å²) in [5.74, 6) is -1.62. The van der Waals surface area contributed by atoms with Gasteiger partial charge in [0.25, 0.3) is 0 Å². The van der Waals surface area contributed by atoms with Gasteiger partial charge in [-0.2, -0.15) is 4.31 Å². The minimum Gasteiger partial charge on any atom is -0.296 e. The van der Waals surface area contributed by atoms with E-state index in [1.54, 1.807) is 6.07 Å². The molecule has 6 nitrogen and oxygen atoms in total. The molecule has 1 fully saturated rings. The number of nitrogens with zero attached hydrogens (tertiary/aromatic N) is 1. The number of imide groups is 1. The zero-order valence-electron chi connectivity index (χ0n) is 14.3. The first-order chi connectivity index (χ1) is 12.8. The van der Waals surface area contributed by atoms with Crippen molar-refractivity contribution < 1.29 is 22.4 Å². The summed E-state index contributed by atoms with van der Waals surface area (Å²) in [6.07, 6.45) is 0.725. The van der Waals surface area contributed by atoms with Crippen LogP contribution in [-0.2, 0) is 32.7 Å². The van der Waals surface area contributed by atoms with Crippen molar-refractivity contribution in [3.05, 3.63) is 65.0 Å². The Bertz CT molecular complexity index is 1050. The third-order valence-corrected chi connectivity index (χ3v) is 6.79. The quantitative estimate of drug-likeness (QED) is 0.816. The van der Waals surface area contributed by atoms with Gasteiger partial charge in [-0.15, -0.1) is 0 Å². The van der Waals surface area contributed by atoms with Crippen LogP contribution in [-0.4, -0.2) is 24.5 Å². The number of sulfonamides is 1. The molecule has 2 amide bonds.